The van der Waals surface area contributed by atoms with Crippen LogP contribution in [-0.2, 0) is 4.79 Å². The van der Waals surface area contributed by atoms with Crippen LogP contribution >= 0.6 is 0 Å². The maximum Gasteiger partial charge on any atom is 0.241 e. The smallest absolute Gasteiger partial charge is 0.241 e. The maximum absolute atomic E-state index is 14.1. The molecule has 1 heterocycles. The number of rotatable bonds is 2. The Labute approximate surface area is 125 Å². The average Bonchev–Trinajstić information content (AvgIpc) is 2.91. The largest absolute Gasteiger partial charge is 0.318 e. The Bertz CT molecular complexity index is 557. The van der Waals surface area contributed by atoms with Gasteiger partial charge in [0.25, 0.3) is 0 Å². The number of benzene rings is 1. The van der Waals surface area contributed by atoms with Crippen molar-refractivity contribution in [1.29, 1.82) is 0 Å². The van der Waals surface area contributed by atoms with Crippen LogP contribution in [0.1, 0.15) is 51.8 Å². The topological polar surface area (TPSA) is 32.3 Å². The van der Waals surface area contributed by atoms with Gasteiger partial charge in [0.1, 0.15) is 12.0 Å². The number of halogens is 1. The van der Waals surface area contributed by atoms with Crippen LogP contribution in [0.15, 0.2) is 24.3 Å². The van der Waals surface area contributed by atoms with Gasteiger partial charge in [-0.3, -0.25) is 10.1 Å². The molecule has 1 aromatic rings. The summed E-state index contributed by atoms with van der Waals surface area (Å²) in [7, 11) is 0. The van der Waals surface area contributed by atoms with Crippen LogP contribution in [0.25, 0.3) is 0 Å². The van der Waals surface area contributed by atoms with Crippen LogP contribution in [0, 0.1) is 11.2 Å². The molecular formula is C17H23FN2O. The second-order valence-electron chi connectivity index (χ2n) is 7.12. The normalized spacial score (nSPS) is 31.9. The van der Waals surface area contributed by atoms with Crippen LogP contribution in [-0.4, -0.2) is 22.9 Å². The van der Waals surface area contributed by atoms with Gasteiger partial charge in [0, 0.05) is 11.6 Å². The van der Waals surface area contributed by atoms with Gasteiger partial charge in [-0.05, 0) is 37.7 Å². The minimum Gasteiger partial charge on any atom is -0.318 e. The third-order valence-electron chi connectivity index (χ3n) is 4.85. The van der Waals surface area contributed by atoms with Crippen molar-refractivity contribution in [2.45, 2.75) is 58.3 Å². The predicted octanol–water partition coefficient (Wildman–Crippen LogP) is 3.22. The Balaban J connectivity index is 1.92. The SMILES string of the molecule is CC1NC(c2ccccc2F)N(C2CCC(C)(C)C2)C1=O. The number of carbonyl (C=O) groups excluding carboxylic acids is 1. The first-order valence-electron chi connectivity index (χ1n) is 7.72. The first-order chi connectivity index (χ1) is 9.89. The fourth-order valence-electron chi connectivity index (χ4n) is 3.70. The van der Waals surface area contributed by atoms with Gasteiger partial charge < -0.3 is 4.90 Å². The summed E-state index contributed by atoms with van der Waals surface area (Å²) in [5.74, 6) is -0.162. The molecule has 1 N–H and O–H groups in total. The molecule has 1 aliphatic heterocycles. The minimum absolute atomic E-state index is 0.0888. The van der Waals surface area contributed by atoms with Crippen molar-refractivity contribution >= 4 is 5.91 Å². The molecule has 21 heavy (non-hydrogen) atoms. The molecule has 3 rings (SSSR count). The van der Waals surface area contributed by atoms with Crippen molar-refractivity contribution in [3.63, 3.8) is 0 Å². The van der Waals surface area contributed by atoms with E-state index in [1.54, 1.807) is 12.1 Å². The third kappa shape index (κ3) is 2.57. The summed E-state index contributed by atoms with van der Waals surface area (Å²) in [4.78, 5) is 14.4. The summed E-state index contributed by atoms with van der Waals surface area (Å²) in [6.45, 7) is 6.33. The number of amides is 1. The van der Waals surface area contributed by atoms with Gasteiger partial charge in [-0.25, -0.2) is 4.39 Å². The lowest BCUT2D eigenvalue weighted by Crippen LogP contribution is -2.39. The Morgan fingerprint density at radius 2 is 2.05 bits per heavy atom. The number of hydrogen-bond donors (Lipinski definition) is 1. The fraction of sp³-hybridized carbons (Fsp3) is 0.588. The van der Waals surface area contributed by atoms with Gasteiger partial charge in [0.15, 0.2) is 0 Å². The first kappa shape index (κ1) is 14.5. The van der Waals surface area contributed by atoms with E-state index < -0.39 is 0 Å². The molecule has 0 radical (unpaired) electrons. The Morgan fingerprint density at radius 3 is 2.67 bits per heavy atom. The van der Waals surface area contributed by atoms with Crippen molar-refractivity contribution in [2.75, 3.05) is 0 Å². The molecule has 4 heteroatoms. The van der Waals surface area contributed by atoms with E-state index in [2.05, 4.69) is 19.2 Å². The Morgan fingerprint density at radius 1 is 1.33 bits per heavy atom. The highest BCUT2D eigenvalue weighted by Crippen LogP contribution is 2.43. The summed E-state index contributed by atoms with van der Waals surface area (Å²) >= 11 is 0. The van der Waals surface area contributed by atoms with Crippen LogP contribution in [0.4, 0.5) is 4.39 Å². The molecule has 0 bridgehead atoms. The zero-order valence-corrected chi connectivity index (χ0v) is 12.9. The number of carbonyl (C=O) groups is 1. The van der Waals surface area contributed by atoms with E-state index in [1.165, 1.54) is 6.07 Å². The minimum atomic E-state index is -0.340. The van der Waals surface area contributed by atoms with Crippen molar-refractivity contribution < 1.29 is 9.18 Å². The molecule has 3 nitrogen and oxygen atoms in total. The molecule has 1 aromatic carbocycles. The molecule has 1 saturated carbocycles. The van der Waals surface area contributed by atoms with Crippen LogP contribution in [0.2, 0.25) is 0 Å². The van der Waals surface area contributed by atoms with Crippen LogP contribution in [0.3, 0.4) is 0 Å². The van der Waals surface area contributed by atoms with E-state index in [0.29, 0.717) is 5.56 Å². The quantitative estimate of drug-likeness (QED) is 0.907. The third-order valence-corrected chi connectivity index (χ3v) is 4.85. The van der Waals surface area contributed by atoms with E-state index in [4.69, 9.17) is 0 Å². The molecular weight excluding hydrogens is 267 g/mol. The van der Waals surface area contributed by atoms with E-state index in [1.807, 2.05) is 17.9 Å². The lowest BCUT2D eigenvalue weighted by Gasteiger charge is -2.31. The summed E-state index contributed by atoms with van der Waals surface area (Å²) in [6, 6.07) is 6.69. The predicted molar refractivity (Wildman–Crippen MR) is 80.0 cm³/mol. The standard InChI is InChI=1S/C17H23FN2O/c1-11-16(21)20(12-8-9-17(2,3)10-12)15(19-11)13-6-4-5-7-14(13)18/h4-7,11-12,15,19H,8-10H2,1-3H3. The second-order valence-corrected chi connectivity index (χ2v) is 7.12. The number of nitrogens with zero attached hydrogens (tertiary/aromatic N) is 1. The van der Waals surface area contributed by atoms with Crippen LogP contribution in [0.5, 0.6) is 0 Å². The molecule has 0 aromatic heterocycles. The van der Waals surface area contributed by atoms with Crippen molar-refractivity contribution in [2.24, 2.45) is 5.41 Å². The second kappa shape index (κ2) is 5.09. The zero-order chi connectivity index (χ0) is 15.2. The average molecular weight is 290 g/mol. The Hall–Kier alpha value is -1.42. The Kier molecular flexibility index (Phi) is 3.52. The van der Waals surface area contributed by atoms with Gasteiger partial charge in [0.05, 0.1) is 6.04 Å². The number of nitrogens with one attached hydrogen (secondary N) is 1. The summed E-state index contributed by atoms with van der Waals surface area (Å²) < 4.78 is 14.1. The molecule has 1 amide bonds. The highest BCUT2D eigenvalue weighted by Gasteiger charge is 2.45. The highest BCUT2D eigenvalue weighted by atomic mass is 19.1. The molecule has 1 saturated heterocycles. The van der Waals surface area contributed by atoms with Gasteiger partial charge in [-0.2, -0.15) is 0 Å². The monoisotopic (exact) mass is 290 g/mol. The number of hydrogen-bond acceptors (Lipinski definition) is 2. The molecule has 114 valence electrons. The summed E-state index contributed by atoms with van der Waals surface area (Å²) in [5.41, 5.74) is 0.830. The molecule has 2 fully saturated rings. The van der Waals surface area contributed by atoms with E-state index in [9.17, 15) is 9.18 Å². The van der Waals surface area contributed by atoms with Gasteiger partial charge in [0.2, 0.25) is 5.91 Å². The van der Waals surface area contributed by atoms with Crippen LogP contribution < -0.4 is 5.32 Å². The zero-order valence-electron chi connectivity index (χ0n) is 12.9. The molecule has 0 spiro atoms. The lowest BCUT2D eigenvalue weighted by molar-refractivity contribution is -0.132. The molecule has 1 aliphatic carbocycles. The first-order valence-corrected chi connectivity index (χ1v) is 7.72. The van der Waals surface area contributed by atoms with Crippen molar-refractivity contribution in [1.82, 2.24) is 10.2 Å². The summed E-state index contributed by atoms with van der Waals surface area (Å²) in [5, 5.41) is 3.25. The van der Waals surface area contributed by atoms with E-state index in [0.717, 1.165) is 19.3 Å². The molecule has 3 unspecified atom stereocenters. The van der Waals surface area contributed by atoms with Gasteiger partial charge >= 0.3 is 0 Å². The van der Waals surface area contributed by atoms with Gasteiger partial charge in [-0.15, -0.1) is 0 Å². The molecule has 3 atom stereocenters. The fourth-order valence-corrected chi connectivity index (χ4v) is 3.70. The summed E-state index contributed by atoms with van der Waals surface area (Å²) in [6.07, 6.45) is 2.75. The maximum atomic E-state index is 14.1. The van der Waals surface area contributed by atoms with Gasteiger partial charge in [-0.1, -0.05) is 32.0 Å². The van der Waals surface area contributed by atoms with E-state index in [-0.39, 0.29) is 35.4 Å². The van der Waals surface area contributed by atoms with Crippen molar-refractivity contribution in [3.05, 3.63) is 35.6 Å². The molecule has 2 aliphatic rings. The van der Waals surface area contributed by atoms with Crippen molar-refractivity contribution in [3.8, 4) is 0 Å². The highest BCUT2D eigenvalue weighted by molar-refractivity contribution is 5.84. The lowest BCUT2D eigenvalue weighted by atomic mass is 9.91. The van der Waals surface area contributed by atoms with E-state index >= 15 is 0 Å².